The van der Waals surface area contributed by atoms with Crippen LogP contribution in [-0.4, -0.2) is 30.5 Å². The van der Waals surface area contributed by atoms with Crippen molar-refractivity contribution in [3.63, 3.8) is 0 Å². The summed E-state index contributed by atoms with van der Waals surface area (Å²) in [6.07, 6.45) is 0. The maximum Gasteiger partial charge on any atom is 0.267 e. The molecular formula is C19H18N6O2S. The summed E-state index contributed by atoms with van der Waals surface area (Å²) < 4.78 is 3.76. The van der Waals surface area contributed by atoms with Gasteiger partial charge in [-0.1, -0.05) is 17.4 Å². The van der Waals surface area contributed by atoms with Gasteiger partial charge in [-0.25, -0.2) is 14.3 Å². The molecule has 0 aliphatic heterocycles. The van der Waals surface area contributed by atoms with Crippen molar-refractivity contribution in [2.24, 2.45) is 0 Å². The minimum absolute atomic E-state index is 0.207. The molecule has 0 aliphatic carbocycles. The Balaban J connectivity index is 1.56. The lowest BCUT2D eigenvalue weighted by Gasteiger charge is -2.08. The Morgan fingerprint density at radius 2 is 1.93 bits per heavy atom. The van der Waals surface area contributed by atoms with Gasteiger partial charge in [0.2, 0.25) is 5.91 Å². The third-order valence-electron chi connectivity index (χ3n) is 4.16. The Hall–Kier alpha value is -3.33. The van der Waals surface area contributed by atoms with E-state index >= 15 is 0 Å². The highest BCUT2D eigenvalue weighted by Gasteiger charge is 2.12. The molecule has 4 rings (SSSR count). The quantitative estimate of drug-likeness (QED) is 0.574. The number of aromatic nitrogens is 5. The van der Waals surface area contributed by atoms with E-state index in [0.717, 1.165) is 31.8 Å². The topological polar surface area (TPSA) is 94.7 Å². The second-order valence-electron chi connectivity index (χ2n) is 6.56. The number of benzene rings is 1. The molecule has 9 heteroatoms. The van der Waals surface area contributed by atoms with Crippen molar-refractivity contribution in [3.05, 3.63) is 63.7 Å². The van der Waals surface area contributed by atoms with E-state index in [1.807, 2.05) is 45.0 Å². The van der Waals surface area contributed by atoms with Crippen LogP contribution in [0.3, 0.4) is 0 Å². The molecule has 0 atom stereocenters. The first-order chi connectivity index (χ1) is 13.4. The second-order valence-corrected chi connectivity index (χ2v) is 7.60. The van der Waals surface area contributed by atoms with E-state index in [9.17, 15) is 9.59 Å². The van der Waals surface area contributed by atoms with Gasteiger partial charge in [-0.05, 0) is 50.6 Å². The average Bonchev–Trinajstić information content (AvgIpc) is 3.18. The van der Waals surface area contributed by atoms with Crippen LogP contribution in [-0.2, 0) is 11.3 Å². The number of hydrogen-bond donors (Lipinski definition) is 1. The number of amides is 1. The second kappa shape index (κ2) is 7.01. The molecule has 4 aromatic rings. The van der Waals surface area contributed by atoms with Crippen molar-refractivity contribution in [3.8, 4) is 5.82 Å². The van der Waals surface area contributed by atoms with Gasteiger partial charge in [0.1, 0.15) is 6.54 Å². The minimum Gasteiger partial charge on any atom is -0.300 e. The van der Waals surface area contributed by atoms with Gasteiger partial charge in [-0.15, -0.1) is 5.10 Å². The standard InChI is InChI=1S/C19H18N6O2S/c1-11-4-5-14-15(8-11)28-19(20-14)21-17(26)10-24-18(27)7-6-16(23-24)25-13(3)9-12(2)22-25/h4-9H,10H2,1-3H3,(H,20,21,26). The third kappa shape index (κ3) is 3.56. The Morgan fingerprint density at radius 1 is 1.11 bits per heavy atom. The highest BCUT2D eigenvalue weighted by molar-refractivity contribution is 7.22. The predicted molar refractivity (Wildman–Crippen MR) is 108 cm³/mol. The molecule has 0 saturated carbocycles. The Labute approximate surface area is 164 Å². The first kappa shape index (κ1) is 18.1. The van der Waals surface area contributed by atoms with Crippen LogP contribution >= 0.6 is 11.3 Å². The van der Waals surface area contributed by atoms with Crippen LogP contribution in [0.2, 0.25) is 0 Å². The molecule has 1 amide bonds. The number of thiazole rings is 1. The summed E-state index contributed by atoms with van der Waals surface area (Å²) in [5.41, 5.74) is 3.34. The van der Waals surface area contributed by atoms with Crippen molar-refractivity contribution >= 4 is 32.6 Å². The van der Waals surface area contributed by atoms with Crippen LogP contribution < -0.4 is 10.9 Å². The zero-order chi connectivity index (χ0) is 19.8. The molecule has 0 radical (unpaired) electrons. The molecule has 0 bridgehead atoms. The van der Waals surface area contributed by atoms with Gasteiger partial charge in [0, 0.05) is 11.8 Å². The molecule has 3 heterocycles. The number of rotatable bonds is 4. The third-order valence-corrected chi connectivity index (χ3v) is 5.10. The Kier molecular flexibility index (Phi) is 4.52. The summed E-state index contributed by atoms with van der Waals surface area (Å²) >= 11 is 1.39. The fraction of sp³-hybridized carbons (Fsp3) is 0.211. The fourth-order valence-corrected chi connectivity index (χ4v) is 3.89. The fourth-order valence-electron chi connectivity index (χ4n) is 2.91. The summed E-state index contributed by atoms with van der Waals surface area (Å²) in [4.78, 5) is 29.0. The summed E-state index contributed by atoms with van der Waals surface area (Å²) in [7, 11) is 0. The number of carbonyl (C=O) groups excluding carboxylic acids is 1. The van der Waals surface area contributed by atoms with Crippen LogP contribution in [0, 0.1) is 20.8 Å². The SMILES string of the molecule is Cc1ccc2nc(NC(=O)Cn3nc(-n4nc(C)cc4C)ccc3=O)sc2c1. The highest BCUT2D eigenvalue weighted by atomic mass is 32.1. The van der Waals surface area contributed by atoms with Crippen molar-refractivity contribution in [2.45, 2.75) is 27.3 Å². The molecule has 0 aliphatic rings. The zero-order valence-electron chi connectivity index (χ0n) is 15.6. The maximum absolute atomic E-state index is 12.4. The number of aryl methyl sites for hydroxylation is 3. The lowest BCUT2D eigenvalue weighted by atomic mass is 10.2. The summed E-state index contributed by atoms with van der Waals surface area (Å²) in [6.45, 7) is 5.58. The van der Waals surface area contributed by atoms with Crippen LogP contribution in [0.5, 0.6) is 0 Å². The summed E-state index contributed by atoms with van der Waals surface area (Å²) in [5, 5.41) is 11.9. The first-order valence-electron chi connectivity index (χ1n) is 8.68. The van der Waals surface area contributed by atoms with Crippen molar-refractivity contribution in [2.75, 3.05) is 5.32 Å². The largest absolute Gasteiger partial charge is 0.300 e. The van der Waals surface area contributed by atoms with Crippen LogP contribution in [0.4, 0.5) is 5.13 Å². The predicted octanol–water partition coefficient (Wildman–Crippen LogP) is 2.60. The number of fused-ring (bicyclic) bond motifs is 1. The lowest BCUT2D eigenvalue weighted by Crippen LogP contribution is -2.30. The van der Waals surface area contributed by atoms with Crippen molar-refractivity contribution in [1.29, 1.82) is 0 Å². The van der Waals surface area contributed by atoms with Gasteiger partial charge >= 0.3 is 0 Å². The number of nitrogens with zero attached hydrogens (tertiary/aromatic N) is 5. The number of carbonyl (C=O) groups is 1. The molecule has 142 valence electrons. The molecule has 1 N–H and O–H groups in total. The van der Waals surface area contributed by atoms with Gasteiger partial charge in [-0.3, -0.25) is 9.59 Å². The number of anilines is 1. The van der Waals surface area contributed by atoms with Crippen LogP contribution in [0.1, 0.15) is 17.0 Å². The Bertz CT molecular complexity index is 1250. The lowest BCUT2D eigenvalue weighted by molar-refractivity contribution is -0.117. The van der Waals surface area contributed by atoms with Gasteiger partial charge < -0.3 is 5.32 Å². The van der Waals surface area contributed by atoms with Crippen molar-refractivity contribution < 1.29 is 4.79 Å². The first-order valence-corrected chi connectivity index (χ1v) is 9.49. The van der Waals surface area contributed by atoms with Gasteiger partial charge in [-0.2, -0.15) is 5.10 Å². The smallest absolute Gasteiger partial charge is 0.267 e. The molecule has 1 aromatic carbocycles. The molecule has 0 saturated heterocycles. The monoisotopic (exact) mass is 394 g/mol. The van der Waals surface area contributed by atoms with E-state index in [1.54, 1.807) is 10.7 Å². The van der Waals surface area contributed by atoms with Crippen LogP contribution in [0.25, 0.3) is 16.0 Å². The van der Waals surface area contributed by atoms with Gasteiger partial charge in [0.25, 0.3) is 5.56 Å². The normalized spacial score (nSPS) is 11.1. The van der Waals surface area contributed by atoms with E-state index < -0.39 is 0 Å². The molecule has 0 spiro atoms. The highest BCUT2D eigenvalue weighted by Crippen LogP contribution is 2.26. The molecular weight excluding hydrogens is 376 g/mol. The van der Waals surface area contributed by atoms with E-state index in [2.05, 4.69) is 20.5 Å². The number of nitrogens with one attached hydrogen (secondary N) is 1. The zero-order valence-corrected chi connectivity index (χ0v) is 16.4. The molecule has 0 fully saturated rings. The Morgan fingerprint density at radius 3 is 2.68 bits per heavy atom. The van der Waals surface area contributed by atoms with Gasteiger partial charge in [0.05, 0.1) is 15.9 Å². The van der Waals surface area contributed by atoms with E-state index in [-0.39, 0.29) is 18.0 Å². The molecule has 8 nitrogen and oxygen atoms in total. The van der Waals surface area contributed by atoms with Gasteiger partial charge in [0.15, 0.2) is 10.9 Å². The van der Waals surface area contributed by atoms with E-state index in [4.69, 9.17) is 0 Å². The number of hydrogen-bond acceptors (Lipinski definition) is 6. The van der Waals surface area contributed by atoms with Crippen LogP contribution in [0.15, 0.2) is 41.2 Å². The molecule has 3 aromatic heterocycles. The average molecular weight is 394 g/mol. The molecule has 0 unspecified atom stereocenters. The van der Waals surface area contributed by atoms with E-state index in [0.29, 0.717) is 10.9 Å². The molecule has 28 heavy (non-hydrogen) atoms. The maximum atomic E-state index is 12.4. The minimum atomic E-state index is -0.365. The summed E-state index contributed by atoms with van der Waals surface area (Å²) in [6, 6.07) is 10.8. The van der Waals surface area contributed by atoms with Crippen molar-refractivity contribution in [1.82, 2.24) is 24.5 Å². The van der Waals surface area contributed by atoms with E-state index in [1.165, 1.54) is 17.4 Å². The summed E-state index contributed by atoms with van der Waals surface area (Å²) in [5.74, 6) is 0.115.